The molecule has 0 radical (unpaired) electrons. The van der Waals surface area contributed by atoms with E-state index in [1.54, 1.807) is 0 Å². The van der Waals surface area contributed by atoms with Crippen LogP contribution >= 0.6 is 11.6 Å². The molecule has 1 aliphatic heterocycles. The third-order valence-corrected chi connectivity index (χ3v) is 6.22. The Morgan fingerprint density at radius 3 is 2.70 bits per heavy atom. The van der Waals surface area contributed by atoms with Gasteiger partial charge in [0.25, 0.3) is 0 Å². The summed E-state index contributed by atoms with van der Waals surface area (Å²) >= 11 is 6.02. The lowest BCUT2D eigenvalue weighted by molar-refractivity contribution is -0.135. The molecule has 3 heterocycles. The Bertz CT molecular complexity index is 993. The van der Waals surface area contributed by atoms with Crippen LogP contribution in [0, 0.1) is 0 Å². The Balaban J connectivity index is 1.39. The highest BCUT2D eigenvalue weighted by atomic mass is 35.5. The zero-order valence-corrected chi connectivity index (χ0v) is 15.8. The number of hydrogen-bond donors (Lipinski definition) is 0. The molecule has 1 unspecified atom stereocenters. The highest BCUT2D eigenvalue weighted by molar-refractivity contribution is 6.30. The normalized spacial score (nSPS) is 21.4. The highest BCUT2D eigenvalue weighted by Crippen LogP contribution is 2.50. The van der Waals surface area contributed by atoms with Crippen LogP contribution < -0.4 is 0 Å². The second kappa shape index (κ2) is 6.34. The Labute approximate surface area is 163 Å². The standard InChI is InChI=1S/C21H21ClN4O/c22-17-8-6-16(7-9-17)21(10-11-21)20(27)25-12-3-4-15(14-25)19-24-23-18-5-1-2-13-26(18)19/h1-2,5-9,13,15H,3-4,10-12,14H2. The van der Waals surface area contributed by atoms with Crippen molar-refractivity contribution in [2.24, 2.45) is 0 Å². The van der Waals surface area contributed by atoms with E-state index in [9.17, 15) is 4.79 Å². The van der Waals surface area contributed by atoms with Crippen LogP contribution in [0.5, 0.6) is 0 Å². The summed E-state index contributed by atoms with van der Waals surface area (Å²) in [6, 6.07) is 13.7. The quantitative estimate of drug-likeness (QED) is 0.694. The molecule has 5 rings (SSSR count). The molecule has 1 aliphatic carbocycles. The molecule has 27 heavy (non-hydrogen) atoms. The van der Waals surface area contributed by atoms with E-state index < -0.39 is 0 Å². The summed E-state index contributed by atoms with van der Waals surface area (Å²) in [6.07, 6.45) is 5.87. The van der Waals surface area contributed by atoms with Gasteiger partial charge in [0.2, 0.25) is 5.91 Å². The minimum absolute atomic E-state index is 0.223. The van der Waals surface area contributed by atoms with Crippen LogP contribution in [0.4, 0.5) is 0 Å². The fourth-order valence-electron chi connectivity index (χ4n) is 4.33. The number of carbonyl (C=O) groups is 1. The van der Waals surface area contributed by atoms with Gasteiger partial charge in [0.05, 0.1) is 5.41 Å². The number of halogens is 1. The van der Waals surface area contributed by atoms with E-state index in [-0.39, 0.29) is 17.2 Å². The number of piperidine rings is 1. The summed E-state index contributed by atoms with van der Waals surface area (Å²) in [5.74, 6) is 1.43. The third kappa shape index (κ3) is 2.81. The zero-order chi connectivity index (χ0) is 18.4. The van der Waals surface area contributed by atoms with Crippen molar-refractivity contribution >= 4 is 23.2 Å². The molecule has 138 valence electrons. The minimum Gasteiger partial charge on any atom is -0.341 e. The monoisotopic (exact) mass is 380 g/mol. The Hall–Kier alpha value is -2.40. The first-order chi connectivity index (χ1) is 13.2. The topological polar surface area (TPSA) is 50.5 Å². The van der Waals surface area contributed by atoms with Crippen molar-refractivity contribution in [3.05, 3.63) is 65.1 Å². The van der Waals surface area contributed by atoms with Crippen LogP contribution in [-0.2, 0) is 10.2 Å². The van der Waals surface area contributed by atoms with Gasteiger partial charge in [-0.2, -0.15) is 0 Å². The molecule has 2 aromatic heterocycles. The smallest absolute Gasteiger partial charge is 0.233 e. The second-order valence-electron chi connectivity index (χ2n) is 7.67. The minimum atomic E-state index is -0.348. The van der Waals surface area contributed by atoms with Gasteiger partial charge in [-0.15, -0.1) is 10.2 Å². The number of benzene rings is 1. The van der Waals surface area contributed by atoms with Gasteiger partial charge in [0.1, 0.15) is 5.82 Å². The maximum Gasteiger partial charge on any atom is 0.233 e. The number of nitrogens with zero attached hydrogens (tertiary/aromatic N) is 4. The molecule has 1 aromatic carbocycles. The molecule has 1 saturated carbocycles. The van der Waals surface area contributed by atoms with Gasteiger partial charge in [-0.05, 0) is 55.5 Å². The number of hydrogen-bond acceptors (Lipinski definition) is 3. The van der Waals surface area contributed by atoms with Crippen LogP contribution in [0.1, 0.15) is 43.0 Å². The molecule has 6 heteroatoms. The van der Waals surface area contributed by atoms with Crippen molar-refractivity contribution in [3.63, 3.8) is 0 Å². The molecule has 0 spiro atoms. The van der Waals surface area contributed by atoms with Crippen molar-refractivity contribution in [2.45, 2.75) is 37.0 Å². The molecular formula is C21H21ClN4O. The van der Waals surface area contributed by atoms with E-state index in [1.807, 2.05) is 58.0 Å². The van der Waals surface area contributed by atoms with Crippen molar-refractivity contribution in [3.8, 4) is 0 Å². The summed E-state index contributed by atoms with van der Waals surface area (Å²) in [7, 11) is 0. The highest BCUT2D eigenvalue weighted by Gasteiger charge is 2.53. The molecule has 5 nitrogen and oxygen atoms in total. The summed E-state index contributed by atoms with van der Waals surface area (Å²) in [6.45, 7) is 1.53. The van der Waals surface area contributed by atoms with Gasteiger partial charge in [-0.1, -0.05) is 29.8 Å². The maximum absolute atomic E-state index is 13.4. The summed E-state index contributed by atoms with van der Waals surface area (Å²) in [5.41, 5.74) is 1.60. The Morgan fingerprint density at radius 2 is 1.93 bits per heavy atom. The van der Waals surface area contributed by atoms with E-state index in [4.69, 9.17) is 11.6 Å². The van der Waals surface area contributed by atoms with Gasteiger partial charge in [-0.25, -0.2) is 0 Å². The van der Waals surface area contributed by atoms with E-state index in [1.165, 1.54) is 0 Å². The van der Waals surface area contributed by atoms with Crippen molar-refractivity contribution < 1.29 is 4.79 Å². The molecule has 2 aliphatic rings. The lowest BCUT2D eigenvalue weighted by Gasteiger charge is -2.34. The van der Waals surface area contributed by atoms with Crippen molar-refractivity contribution in [1.82, 2.24) is 19.5 Å². The van der Waals surface area contributed by atoms with Crippen LogP contribution in [0.2, 0.25) is 5.02 Å². The van der Waals surface area contributed by atoms with Gasteiger partial charge >= 0.3 is 0 Å². The zero-order valence-electron chi connectivity index (χ0n) is 15.0. The molecular weight excluding hydrogens is 360 g/mol. The third-order valence-electron chi connectivity index (χ3n) is 5.97. The Kier molecular flexibility index (Phi) is 3.93. The molecule has 1 saturated heterocycles. The average molecular weight is 381 g/mol. The number of pyridine rings is 1. The van der Waals surface area contributed by atoms with E-state index in [2.05, 4.69) is 10.2 Å². The maximum atomic E-state index is 13.4. The largest absolute Gasteiger partial charge is 0.341 e. The van der Waals surface area contributed by atoms with Gasteiger partial charge in [0, 0.05) is 30.2 Å². The average Bonchev–Trinajstić information content (AvgIpc) is 3.40. The van der Waals surface area contributed by atoms with Gasteiger partial charge < -0.3 is 4.90 Å². The molecule has 0 N–H and O–H groups in total. The first-order valence-corrected chi connectivity index (χ1v) is 9.90. The van der Waals surface area contributed by atoms with E-state index in [0.717, 1.165) is 49.3 Å². The SMILES string of the molecule is O=C(N1CCCC(c2nnc3ccccn23)C1)C1(c2ccc(Cl)cc2)CC1. The molecule has 3 aromatic rings. The van der Waals surface area contributed by atoms with Gasteiger partial charge in [-0.3, -0.25) is 9.20 Å². The van der Waals surface area contributed by atoms with E-state index >= 15 is 0 Å². The predicted octanol–water partition coefficient (Wildman–Crippen LogP) is 3.82. The molecule has 1 amide bonds. The second-order valence-corrected chi connectivity index (χ2v) is 8.10. The molecule has 2 fully saturated rings. The van der Waals surface area contributed by atoms with E-state index in [0.29, 0.717) is 11.6 Å². The lowest BCUT2D eigenvalue weighted by atomic mass is 9.91. The number of rotatable bonds is 3. The number of amides is 1. The summed E-state index contributed by atoms with van der Waals surface area (Å²) in [4.78, 5) is 15.4. The first kappa shape index (κ1) is 16.8. The number of likely N-dealkylation sites (tertiary alicyclic amines) is 1. The number of aromatic nitrogens is 3. The Morgan fingerprint density at radius 1 is 1.11 bits per heavy atom. The summed E-state index contributed by atoms with van der Waals surface area (Å²) < 4.78 is 2.05. The van der Waals surface area contributed by atoms with Gasteiger partial charge in [0.15, 0.2) is 5.65 Å². The number of fused-ring (bicyclic) bond motifs is 1. The lowest BCUT2D eigenvalue weighted by Crippen LogP contribution is -2.44. The fourth-order valence-corrected chi connectivity index (χ4v) is 4.46. The molecule has 0 bridgehead atoms. The fraction of sp³-hybridized carbons (Fsp3) is 0.381. The molecule has 1 atom stereocenters. The number of carbonyl (C=O) groups excluding carboxylic acids is 1. The van der Waals surface area contributed by atoms with Crippen molar-refractivity contribution in [2.75, 3.05) is 13.1 Å². The van der Waals surface area contributed by atoms with Crippen LogP contribution in [-0.4, -0.2) is 38.5 Å². The predicted molar refractivity (Wildman–Crippen MR) is 104 cm³/mol. The summed E-state index contributed by atoms with van der Waals surface area (Å²) in [5, 5.41) is 9.40. The van der Waals surface area contributed by atoms with Crippen LogP contribution in [0.15, 0.2) is 48.7 Å². The van der Waals surface area contributed by atoms with Crippen molar-refractivity contribution in [1.29, 1.82) is 0 Å². The van der Waals surface area contributed by atoms with Crippen LogP contribution in [0.3, 0.4) is 0 Å². The van der Waals surface area contributed by atoms with Crippen LogP contribution in [0.25, 0.3) is 5.65 Å². The first-order valence-electron chi connectivity index (χ1n) is 9.52.